The van der Waals surface area contributed by atoms with Crippen molar-refractivity contribution in [1.29, 1.82) is 0 Å². The largest absolute Gasteiger partial charge is 0.497 e. The van der Waals surface area contributed by atoms with E-state index < -0.39 is 0 Å². The van der Waals surface area contributed by atoms with Crippen molar-refractivity contribution >= 4 is 0 Å². The van der Waals surface area contributed by atoms with Crippen molar-refractivity contribution in [3.05, 3.63) is 41.5 Å². The quantitative estimate of drug-likeness (QED) is 0.872. The monoisotopic (exact) mass is 274 g/mol. The Balaban J connectivity index is 1.60. The average Bonchev–Trinajstić information content (AvgIpc) is 3.23. The zero-order valence-electron chi connectivity index (χ0n) is 11.5. The number of benzene rings is 1. The van der Waals surface area contributed by atoms with Gasteiger partial charge in [-0.3, -0.25) is 0 Å². The number of rotatable bonds is 6. The summed E-state index contributed by atoms with van der Waals surface area (Å²) in [7, 11) is 1.64. The highest BCUT2D eigenvalue weighted by Crippen LogP contribution is 2.33. The summed E-state index contributed by atoms with van der Waals surface area (Å²) in [5.41, 5.74) is 1.10. The first kappa shape index (κ1) is 13.1. The standard InChI is InChI=1S/C15H18N2O3/c1-19-12-6-2-10(3-7-12)8-14-16-15(20-17-14)9-13(18)11-4-5-11/h2-3,6-7,11,13,18H,4-5,8-9H2,1H3. The minimum atomic E-state index is -0.343. The fraction of sp³-hybridized carbons (Fsp3) is 0.467. The maximum Gasteiger partial charge on any atom is 0.229 e. The normalized spacial score (nSPS) is 16.1. The Morgan fingerprint density at radius 2 is 2.10 bits per heavy atom. The van der Waals surface area contributed by atoms with Crippen molar-refractivity contribution in [2.75, 3.05) is 7.11 Å². The first-order valence-electron chi connectivity index (χ1n) is 6.87. The molecule has 1 atom stereocenters. The second kappa shape index (κ2) is 5.63. The van der Waals surface area contributed by atoms with Gasteiger partial charge in [0.2, 0.25) is 5.89 Å². The molecule has 1 aromatic heterocycles. The summed E-state index contributed by atoms with van der Waals surface area (Å²) in [6.45, 7) is 0. The van der Waals surface area contributed by atoms with Gasteiger partial charge in [-0.05, 0) is 36.5 Å². The number of methoxy groups -OCH3 is 1. The maximum absolute atomic E-state index is 9.86. The summed E-state index contributed by atoms with van der Waals surface area (Å²) in [5.74, 6) is 2.42. The number of aliphatic hydroxyl groups excluding tert-OH is 1. The van der Waals surface area contributed by atoms with Crippen molar-refractivity contribution in [2.45, 2.75) is 31.8 Å². The zero-order valence-corrected chi connectivity index (χ0v) is 11.5. The van der Waals surface area contributed by atoms with Gasteiger partial charge in [0.15, 0.2) is 5.82 Å². The predicted molar refractivity (Wildman–Crippen MR) is 72.5 cm³/mol. The van der Waals surface area contributed by atoms with Gasteiger partial charge < -0.3 is 14.4 Å². The minimum Gasteiger partial charge on any atom is -0.497 e. The van der Waals surface area contributed by atoms with Crippen LogP contribution in [0.4, 0.5) is 0 Å². The number of ether oxygens (including phenoxy) is 1. The van der Waals surface area contributed by atoms with Gasteiger partial charge in [-0.1, -0.05) is 17.3 Å². The van der Waals surface area contributed by atoms with Gasteiger partial charge in [-0.15, -0.1) is 0 Å². The van der Waals surface area contributed by atoms with Gasteiger partial charge >= 0.3 is 0 Å². The highest BCUT2D eigenvalue weighted by Gasteiger charge is 2.31. The molecule has 0 spiro atoms. The molecule has 0 amide bonds. The minimum absolute atomic E-state index is 0.343. The zero-order chi connectivity index (χ0) is 13.9. The van der Waals surface area contributed by atoms with Crippen LogP contribution in [0.2, 0.25) is 0 Å². The molecule has 1 N–H and O–H groups in total. The van der Waals surface area contributed by atoms with Crippen LogP contribution in [0.1, 0.15) is 30.1 Å². The van der Waals surface area contributed by atoms with E-state index in [0.717, 1.165) is 24.2 Å². The van der Waals surface area contributed by atoms with Crippen molar-refractivity contribution in [3.8, 4) is 5.75 Å². The molecule has 1 fully saturated rings. The number of hydrogen-bond acceptors (Lipinski definition) is 5. The summed E-state index contributed by atoms with van der Waals surface area (Å²) < 4.78 is 10.3. The SMILES string of the molecule is COc1ccc(Cc2noc(CC(O)C3CC3)n2)cc1. The lowest BCUT2D eigenvalue weighted by molar-refractivity contribution is 0.140. The van der Waals surface area contributed by atoms with Crippen LogP contribution in [0.25, 0.3) is 0 Å². The fourth-order valence-electron chi connectivity index (χ4n) is 2.20. The van der Waals surface area contributed by atoms with Gasteiger partial charge in [-0.2, -0.15) is 4.98 Å². The van der Waals surface area contributed by atoms with Gasteiger partial charge in [0, 0.05) is 6.42 Å². The molecule has 0 aliphatic heterocycles. The molecule has 1 unspecified atom stereocenters. The van der Waals surface area contributed by atoms with Crippen LogP contribution in [-0.2, 0) is 12.8 Å². The van der Waals surface area contributed by atoms with Crippen molar-refractivity contribution in [1.82, 2.24) is 10.1 Å². The van der Waals surface area contributed by atoms with Crippen LogP contribution in [0.15, 0.2) is 28.8 Å². The number of aliphatic hydroxyl groups is 1. The van der Waals surface area contributed by atoms with Crippen LogP contribution >= 0.6 is 0 Å². The summed E-state index contributed by atoms with van der Waals surface area (Å²) in [6, 6.07) is 7.78. The van der Waals surface area contributed by atoms with Gasteiger partial charge in [0.05, 0.1) is 19.6 Å². The predicted octanol–water partition coefficient (Wildman–Crippen LogP) is 1.98. The van der Waals surface area contributed by atoms with Gasteiger partial charge in [-0.25, -0.2) is 0 Å². The Labute approximate surface area is 117 Å². The molecule has 1 aliphatic rings. The lowest BCUT2D eigenvalue weighted by Crippen LogP contribution is -2.12. The number of hydrogen-bond donors (Lipinski definition) is 1. The number of aromatic nitrogens is 2. The van der Waals surface area contributed by atoms with Crippen LogP contribution < -0.4 is 4.74 Å². The van der Waals surface area contributed by atoms with E-state index in [1.807, 2.05) is 24.3 Å². The van der Waals surface area contributed by atoms with E-state index in [9.17, 15) is 5.11 Å². The van der Waals surface area contributed by atoms with E-state index in [4.69, 9.17) is 9.26 Å². The van der Waals surface area contributed by atoms with Crippen molar-refractivity contribution in [2.24, 2.45) is 5.92 Å². The first-order valence-corrected chi connectivity index (χ1v) is 6.87. The Morgan fingerprint density at radius 3 is 2.75 bits per heavy atom. The average molecular weight is 274 g/mol. The lowest BCUT2D eigenvalue weighted by atomic mass is 10.1. The second-order valence-corrected chi connectivity index (χ2v) is 5.24. The second-order valence-electron chi connectivity index (χ2n) is 5.24. The highest BCUT2D eigenvalue weighted by atomic mass is 16.5. The molecule has 3 rings (SSSR count). The summed E-state index contributed by atoms with van der Waals surface area (Å²) in [4.78, 5) is 4.33. The Bertz CT molecular complexity index is 561. The Hall–Kier alpha value is -1.88. The highest BCUT2D eigenvalue weighted by molar-refractivity contribution is 5.28. The third-order valence-corrected chi connectivity index (χ3v) is 3.58. The molecule has 20 heavy (non-hydrogen) atoms. The molecule has 0 saturated heterocycles. The van der Waals surface area contributed by atoms with Gasteiger partial charge in [0.25, 0.3) is 0 Å². The van der Waals surface area contributed by atoms with Crippen molar-refractivity contribution < 1.29 is 14.4 Å². The molecule has 1 aromatic carbocycles. The summed E-state index contributed by atoms with van der Waals surface area (Å²) in [6.07, 6.45) is 2.94. The van der Waals surface area contributed by atoms with Gasteiger partial charge in [0.1, 0.15) is 5.75 Å². The maximum atomic E-state index is 9.86. The van der Waals surface area contributed by atoms with E-state index in [-0.39, 0.29) is 6.10 Å². The van der Waals surface area contributed by atoms with Crippen LogP contribution in [0.5, 0.6) is 5.75 Å². The third kappa shape index (κ3) is 3.17. The summed E-state index contributed by atoms with van der Waals surface area (Å²) in [5, 5.41) is 13.8. The molecular weight excluding hydrogens is 256 g/mol. The molecule has 1 saturated carbocycles. The Kier molecular flexibility index (Phi) is 3.69. The Morgan fingerprint density at radius 1 is 1.35 bits per heavy atom. The molecule has 106 valence electrons. The summed E-state index contributed by atoms with van der Waals surface area (Å²) >= 11 is 0. The molecule has 0 bridgehead atoms. The van der Waals surface area contributed by atoms with Crippen LogP contribution in [0.3, 0.4) is 0 Å². The lowest BCUT2D eigenvalue weighted by Gasteiger charge is -2.03. The topological polar surface area (TPSA) is 68.4 Å². The molecule has 0 radical (unpaired) electrons. The van der Waals surface area contributed by atoms with E-state index in [2.05, 4.69) is 10.1 Å². The molecule has 1 heterocycles. The van der Waals surface area contributed by atoms with Crippen LogP contribution in [-0.4, -0.2) is 28.5 Å². The van der Waals surface area contributed by atoms with E-state index >= 15 is 0 Å². The molecule has 1 aliphatic carbocycles. The first-order chi connectivity index (χ1) is 9.74. The van der Waals surface area contributed by atoms with E-state index in [0.29, 0.717) is 30.5 Å². The molecule has 2 aromatic rings. The smallest absolute Gasteiger partial charge is 0.229 e. The molecule has 5 heteroatoms. The third-order valence-electron chi connectivity index (χ3n) is 3.58. The molecule has 5 nitrogen and oxygen atoms in total. The van der Waals surface area contributed by atoms with E-state index in [1.165, 1.54) is 0 Å². The van der Waals surface area contributed by atoms with Crippen LogP contribution in [0, 0.1) is 5.92 Å². The fourth-order valence-corrected chi connectivity index (χ4v) is 2.20. The number of nitrogens with zero attached hydrogens (tertiary/aromatic N) is 2. The van der Waals surface area contributed by atoms with E-state index in [1.54, 1.807) is 7.11 Å². The molecular formula is C15H18N2O3. The van der Waals surface area contributed by atoms with Crippen molar-refractivity contribution in [3.63, 3.8) is 0 Å².